The van der Waals surface area contributed by atoms with Crippen molar-refractivity contribution < 1.29 is 14.3 Å². The SMILES string of the molecule is C=CC(=O)N1CCC(Oc2ncnc(N)c2-c2ccc(Oc3ccccc3)cc2)C1. The summed E-state index contributed by atoms with van der Waals surface area (Å²) in [6.07, 6.45) is 3.24. The molecule has 1 atom stereocenters. The highest BCUT2D eigenvalue weighted by molar-refractivity contribution is 5.87. The number of hydrogen-bond acceptors (Lipinski definition) is 6. The maximum absolute atomic E-state index is 11.8. The number of carbonyl (C=O) groups excluding carboxylic acids is 1. The van der Waals surface area contributed by atoms with Crippen LogP contribution in [0, 0.1) is 0 Å². The first-order valence-electron chi connectivity index (χ1n) is 9.66. The molecule has 2 N–H and O–H groups in total. The Hall–Kier alpha value is -3.87. The third kappa shape index (κ3) is 4.25. The van der Waals surface area contributed by atoms with E-state index in [1.54, 1.807) is 4.90 Å². The molecule has 0 saturated carbocycles. The first-order chi connectivity index (χ1) is 14.6. The smallest absolute Gasteiger partial charge is 0.246 e. The molecule has 0 radical (unpaired) electrons. The van der Waals surface area contributed by atoms with Gasteiger partial charge in [0.1, 0.15) is 29.7 Å². The first-order valence-corrected chi connectivity index (χ1v) is 9.66. The second-order valence-corrected chi connectivity index (χ2v) is 6.90. The highest BCUT2D eigenvalue weighted by Crippen LogP contribution is 2.35. The molecule has 2 heterocycles. The van der Waals surface area contributed by atoms with Gasteiger partial charge in [0.2, 0.25) is 11.8 Å². The van der Waals surface area contributed by atoms with E-state index in [2.05, 4.69) is 16.5 Å². The Labute approximate surface area is 174 Å². The monoisotopic (exact) mass is 402 g/mol. The van der Waals surface area contributed by atoms with Gasteiger partial charge < -0.3 is 20.1 Å². The van der Waals surface area contributed by atoms with Crippen LogP contribution in [0.15, 0.2) is 73.6 Å². The van der Waals surface area contributed by atoms with E-state index in [0.717, 1.165) is 11.3 Å². The van der Waals surface area contributed by atoms with Crippen molar-refractivity contribution in [2.45, 2.75) is 12.5 Å². The predicted octanol–water partition coefficient (Wildman–Crippen LogP) is 3.68. The predicted molar refractivity (Wildman–Crippen MR) is 114 cm³/mol. The van der Waals surface area contributed by atoms with E-state index in [9.17, 15) is 4.79 Å². The summed E-state index contributed by atoms with van der Waals surface area (Å²) >= 11 is 0. The first kappa shape index (κ1) is 19.4. The van der Waals surface area contributed by atoms with Crippen LogP contribution < -0.4 is 15.2 Å². The van der Waals surface area contributed by atoms with Crippen molar-refractivity contribution >= 4 is 11.7 Å². The van der Waals surface area contributed by atoms with Crippen LogP contribution in [0.3, 0.4) is 0 Å². The van der Waals surface area contributed by atoms with Crippen molar-refractivity contribution in [2.24, 2.45) is 0 Å². The molecule has 0 bridgehead atoms. The molecule has 7 nitrogen and oxygen atoms in total. The van der Waals surface area contributed by atoms with Crippen molar-refractivity contribution in [1.82, 2.24) is 14.9 Å². The second kappa shape index (κ2) is 8.65. The van der Waals surface area contributed by atoms with E-state index in [1.807, 2.05) is 54.6 Å². The molecule has 0 spiro atoms. The van der Waals surface area contributed by atoms with E-state index in [-0.39, 0.29) is 12.0 Å². The topological polar surface area (TPSA) is 90.6 Å². The molecule has 1 aliphatic rings. The lowest BCUT2D eigenvalue weighted by Crippen LogP contribution is -2.29. The largest absolute Gasteiger partial charge is 0.472 e. The van der Waals surface area contributed by atoms with Crippen LogP contribution in [0.2, 0.25) is 0 Å². The lowest BCUT2D eigenvalue weighted by molar-refractivity contribution is -0.125. The van der Waals surface area contributed by atoms with Gasteiger partial charge in [0.15, 0.2) is 0 Å². The van der Waals surface area contributed by atoms with E-state index in [0.29, 0.717) is 42.5 Å². The average Bonchev–Trinajstić information content (AvgIpc) is 3.23. The fraction of sp³-hybridized carbons (Fsp3) is 0.174. The number of rotatable bonds is 6. The fourth-order valence-corrected chi connectivity index (χ4v) is 3.37. The van der Waals surface area contributed by atoms with Crippen molar-refractivity contribution in [3.05, 3.63) is 73.6 Å². The third-order valence-corrected chi connectivity index (χ3v) is 4.87. The Bertz CT molecular complexity index is 1040. The van der Waals surface area contributed by atoms with Crippen molar-refractivity contribution in [2.75, 3.05) is 18.8 Å². The molecule has 1 amide bonds. The molecule has 0 aliphatic carbocycles. The lowest BCUT2D eigenvalue weighted by atomic mass is 10.1. The van der Waals surface area contributed by atoms with Gasteiger partial charge in [0, 0.05) is 13.0 Å². The summed E-state index contributed by atoms with van der Waals surface area (Å²) in [6.45, 7) is 4.64. The Morgan fingerprint density at radius 1 is 1.10 bits per heavy atom. The fourth-order valence-electron chi connectivity index (χ4n) is 3.37. The Kier molecular flexibility index (Phi) is 5.61. The minimum atomic E-state index is -0.164. The number of carbonyl (C=O) groups is 1. The zero-order valence-electron chi connectivity index (χ0n) is 16.4. The number of nitrogens with two attached hydrogens (primary N) is 1. The van der Waals surface area contributed by atoms with Crippen molar-refractivity contribution in [3.63, 3.8) is 0 Å². The molecular formula is C23H22N4O3. The minimum Gasteiger partial charge on any atom is -0.472 e. The molecule has 152 valence electrons. The number of para-hydroxylation sites is 1. The highest BCUT2D eigenvalue weighted by Gasteiger charge is 2.28. The molecule has 1 aliphatic heterocycles. The summed E-state index contributed by atoms with van der Waals surface area (Å²) in [4.78, 5) is 21.9. The summed E-state index contributed by atoms with van der Waals surface area (Å²) < 4.78 is 11.9. The number of nitrogens with zero attached hydrogens (tertiary/aromatic N) is 3. The number of aromatic nitrogens is 2. The third-order valence-electron chi connectivity index (χ3n) is 4.87. The number of hydrogen-bond donors (Lipinski definition) is 1. The maximum atomic E-state index is 11.8. The number of benzene rings is 2. The summed E-state index contributed by atoms with van der Waals surface area (Å²) in [5, 5.41) is 0. The van der Waals surface area contributed by atoms with Gasteiger partial charge in [0.25, 0.3) is 0 Å². The van der Waals surface area contributed by atoms with E-state index in [4.69, 9.17) is 15.2 Å². The Morgan fingerprint density at radius 2 is 1.83 bits per heavy atom. The summed E-state index contributed by atoms with van der Waals surface area (Å²) in [7, 11) is 0. The standard InChI is InChI=1S/C23H22N4O3/c1-2-20(28)27-13-12-19(14-27)30-23-21(22(24)25-15-26-23)16-8-10-18(11-9-16)29-17-6-4-3-5-7-17/h2-11,15,19H,1,12-14H2,(H2,24,25,26). The van der Waals surface area contributed by atoms with Crippen LogP contribution in [0.4, 0.5) is 5.82 Å². The molecule has 2 aromatic carbocycles. The summed E-state index contributed by atoms with van der Waals surface area (Å²) in [5.74, 6) is 2.09. The quantitative estimate of drug-likeness (QED) is 0.633. The van der Waals surface area contributed by atoms with Crippen molar-refractivity contribution in [1.29, 1.82) is 0 Å². The van der Waals surface area contributed by atoms with Crippen molar-refractivity contribution in [3.8, 4) is 28.5 Å². The number of ether oxygens (including phenoxy) is 2. The highest BCUT2D eigenvalue weighted by atomic mass is 16.5. The second-order valence-electron chi connectivity index (χ2n) is 6.90. The van der Waals surface area contributed by atoms with Crippen LogP contribution >= 0.6 is 0 Å². The van der Waals surface area contributed by atoms with Gasteiger partial charge in [-0.3, -0.25) is 4.79 Å². The summed E-state index contributed by atoms with van der Waals surface area (Å²) in [5.41, 5.74) is 7.59. The molecule has 30 heavy (non-hydrogen) atoms. The Morgan fingerprint density at radius 3 is 2.57 bits per heavy atom. The van der Waals surface area contributed by atoms with Crippen LogP contribution in [-0.2, 0) is 4.79 Å². The van der Waals surface area contributed by atoms with Gasteiger partial charge in [-0.1, -0.05) is 36.9 Å². The van der Waals surface area contributed by atoms with Crippen LogP contribution in [0.5, 0.6) is 17.4 Å². The lowest BCUT2D eigenvalue weighted by Gasteiger charge is -2.17. The molecular weight excluding hydrogens is 380 g/mol. The number of nitrogen functional groups attached to an aromatic ring is 1. The zero-order valence-corrected chi connectivity index (χ0v) is 16.4. The minimum absolute atomic E-state index is 0.0995. The normalized spacial score (nSPS) is 15.6. The van der Waals surface area contributed by atoms with Crippen LogP contribution in [-0.4, -0.2) is 40.0 Å². The van der Waals surface area contributed by atoms with E-state index >= 15 is 0 Å². The number of amides is 1. The van der Waals surface area contributed by atoms with Gasteiger partial charge in [-0.15, -0.1) is 0 Å². The summed E-state index contributed by atoms with van der Waals surface area (Å²) in [6, 6.07) is 17.1. The Balaban J connectivity index is 1.53. The molecule has 7 heteroatoms. The average molecular weight is 402 g/mol. The number of anilines is 1. The van der Waals surface area contributed by atoms with Gasteiger partial charge in [-0.25, -0.2) is 9.97 Å². The van der Waals surface area contributed by atoms with Gasteiger partial charge in [-0.2, -0.15) is 0 Å². The molecule has 3 aromatic rings. The van der Waals surface area contributed by atoms with Gasteiger partial charge in [-0.05, 0) is 35.9 Å². The van der Waals surface area contributed by atoms with E-state index < -0.39 is 0 Å². The molecule has 1 aromatic heterocycles. The van der Waals surface area contributed by atoms with Crippen LogP contribution in [0.25, 0.3) is 11.1 Å². The molecule has 1 unspecified atom stereocenters. The van der Waals surface area contributed by atoms with E-state index in [1.165, 1.54) is 12.4 Å². The van der Waals surface area contributed by atoms with Crippen LogP contribution in [0.1, 0.15) is 6.42 Å². The van der Waals surface area contributed by atoms with Gasteiger partial charge in [0.05, 0.1) is 12.1 Å². The zero-order chi connectivity index (χ0) is 20.9. The number of likely N-dealkylation sites (tertiary alicyclic amines) is 1. The molecule has 1 fully saturated rings. The maximum Gasteiger partial charge on any atom is 0.246 e. The molecule has 4 rings (SSSR count). The molecule has 1 saturated heterocycles. The van der Waals surface area contributed by atoms with Gasteiger partial charge >= 0.3 is 0 Å².